The van der Waals surface area contributed by atoms with E-state index < -0.39 is 44.3 Å². The van der Waals surface area contributed by atoms with Gasteiger partial charge in [-0.15, -0.1) is 0 Å². The molecular formula is C21H23F3N4O3S. The van der Waals surface area contributed by atoms with E-state index in [1.807, 2.05) is 0 Å². The van der Waals surface area contributed by atoms with Crippen molar-refractivity contribution in [3.8, 4) is 0 Å². The molecule has 7 nitrogen and oxygen atoms in total. The Morgan fingerprint density at radius 3 is 2.47 bits per heavy atom. The van der Waals surface area contributed by atoms with Gasteiger partial charge in [0.05, 0.1) is 6.20 Å². The fourth-order valence-corrected chi connectivity index (χ4v) is 5.37. The number of pyridine rings is 1. The summed E-state index contributed by atoms with van der Waals surface area (Å²) in [6, 6.07) is 5.79. The van der Waals surface area contributed by atoms with Crippen LogP contribution in [0.25, 0.3) is 0 Å². The van der Waals surface area contributed by atoms with Crippen LogP contribution < -0.4 is 11.1 Å². The van der Waals surface area contributed by atoms with Crippen LogP contribution in [0.2, 0.25) is 0 Å². The fraction of sp³-hybridized carbons (Fsp3) is 0.381. The lowest BCUT2D eigenvalue weighted by atomic mass is 9.79. The average molecular weight is 469 g/mol. The number of anilines is 1. The zero-order chi connectivity index (χ0) is 23.7. The van der Waals surface area contributed by atoms with Crippen molar-refractivity contribution < 1.29 is 26.4 Å². The second-order valence-electron chi connectivity index (χ2n) is 7.79. The molecule has 0 spiro atoms. The molecule has 1 aliphatic heterocycles. The van der Waals surface area contributed by atoms with Crippen LogP contribution in [-0.2, 0) is 15.4 Å². The zero-order valence-electron chi connectivity index (χ0n) is 17.5. The van der Waals surface area contributed by atoms with Gasteiger partial charge in [0, 0.05) is 17.5 Å². The van der Waals surface area contributed by atoms with Crippen LogP contribution in [0.15, 0.2) is 41.5 Å². The molecule has 1 aliphatic rings. The largest absolute Gasteiger partial charge is 0.386 e. The van der Waals surface area contributed by atoms with Gasteiger partial charge < -0.3 is 11.1 Å². The number of amides is 1. The van der Waals surface area contributed by atoms with Gasteiger partial charge in [0.1, 0.15) is 40.1 Å². The number of benzene rings is 1. The van der Waals surface area contributed by atoms with Crippen molar-refractivity contribution in [2.45, 2.75) is 36.5 Å². The van der Waals surface area contributed by atoms with E-state index >= 15 is 0 Å². The lowest BCUT2D eigenvalue weighted by Crippen LogP contribution is -2.55. The van der Waals surface area contributed by atoms with Crippen molar-refractivity contribution >= 4 is 27.3 Å². The van der Waals surface area contributed by atoms with Crippen molar-refractivity contribution in [1.29, 1.82) is 0 Å². The average Bonchev–Trinajstić information content (AvgIpc) is 2.74. The van der Waals surface area contributed by atoms with E-state index in [0.29, 0.717) is 0 Å². The fourth-order valence-electron chi connectivity index (χ4n) is 3.95. The van der Waals surface area contributed by atoms with Crippen LogP contribution >= 0.6 is 0 Å². The summed E-state index contributed by atoms with van der Waals surface area (Å²) >= 11 is 0. The molecule has 2 atom stereocenters. The Kier molecular flexibility index (Phi) is 6.32. The summed E-state index contributed by atoms with van der Waals surface area (Å²) in [6.07, 6.45) is 1.94. The number of nitrogens with one attached hydrogen (secondary N) is 1. The highest BCUT2D eigenvalue weighted by Gasteiger charge is 2.51. The first-order valence-electron chi connectivity index (χ1n) is 9.82. The van der Waals surface area contributed by atoms with Crippen molar-refractivity contribution in [2.75, 3.05) is 18.2 Å². The summed E-state index contributed by atoms with van der Waals surface area (Å²) in [7, 11) is -3.66. The number of halogens is 3. The molecule has 0 unspecified atom stereocenters. The number of carbonyl (C=O) groups excluding carboxylic acids is 1. The SMILES string of the molecule is CC[C@@]1(S(C)(=O)=O)CC[C@@](CF)(c2cc(NC(=O)c3ccc(F)cn3)ccc2F)N=C1N. The maximum Gasteiger partial charge on any atom is 0.274 e. The highest BCUT2D eigenvalue weighted by atomic mass is 32.2. The number of aromatic nitrogens is 1. The number of carbonyl (C=O) groups is 1. The predicted octanol–water partition coefficient (Wildman–Crippen LogP) is 3.12. The minimum Gasteiger partial charge on any atom is -0.386 e. The maximum atomic E-state index is 14.8. The lowest BCUT2D eigenvalue weighted by molar-refractivity contribution is 0.102. The number of nitrogens with zero attached hydrogens (tertiary/aromatic N) is 2. The second-order valence-corrected chi connectivity index (χ2v) is 10.1. The standard InChI is InChI=1S/C21H23F3N4O3S/c1-3-21(32(2,30)31)9-8-20(12-22,28-19(21)25)15-10-14(5-6-16(15)24)27-18(29)17-7-4-13(23)11-26-17/h4-7,10-11H,3,8-9,12H2,1-2H3,(H2,25,28)(H,27,29)/t20-,21-/m1/s1. The Hall–Kier alpha value is -2.95. The molecule has 0 bridgehead atoms. The quantitative estimate of drug-likeness (QED) is 0.676. The molecule has 3 N–H and O–H groups in total. The van der Waals surface area contributed by atoms with Gasteiger partial charge in [-0.1, -0.05) is 6.92 Å². The van der Waals surface area contributed by atoms with E-state index in [2.05, 4.69) is 15.3 Å². The van der Waals surface area contributed by atoms with Crippen molar-refractivity contribution in [3.05, 3.63) is 59.4 Å². The zero-order valence-corrected chi connectivity index (χ0v) is 18.3. The van der Waals surface area contributed by atoms with E-state index in [1.54, 1.807) is 6.92 Å². The number of nitrogens with two attached hydrogens (primary N) is 1. The number of hydrogen-bond acceptors (Lipinski definition) is 6. The van der Waals surface area contributed by atoms with Crippen LogP contribution in [0.5, 0.6) is 0 Å². The van der Waals surface area contributed by atoms with E-state index in [1.165, 1.54) is 18.2 Å². The number of rotatable bonds is 6. The van der Waals surface area contributed by atoms with Gasteiger partial charge in [0.25, 0.3) is 5.91 Å². The molecule has 1 aromatic heterocycles. The molecule has 3 rings (SSSR count). The molecule has 2 aromatic rings. The molecule has 172 valence electrons. The van der Waals surface area contributed by atoms with Crippen LogP contribution in [0, 0.1) is 11.6 Å². The summed E-state index contributed by atoms with van der Waals surface area (Å²) in [5.41, 5.74) is 4.20. The molecule has 1 aromatic carbocycles. The third-order valence-electron chi connectivity index (χ3n) is 5.93. The predicted molar refractivity (Wildman–Crippen MR) is 115 cm³/mol. The van der Waals surface area contributed by atoms with E-state index in [4.69, 9.17) is 5.73 Å². The van der Waals surface area contributed by atoms with Gasteiger partial charge in [-0.3, -0.25) is 9.79 Å². The topological polar surface area (TPSA) is 115 Å². The summed E-state index contributed by atoms with van der Waals surface area (Å²) in [5.74, 6) is -2.33. The normalized spacial score (nSPS) is 23.5. The van der Waals surface area contributed by atoms with Gasteiger partial charge >= 0.3 is 0 Å². The number of alkyl halides is 1. The third kappa shape index (κ3) is 4.08. The van der Waals surface area contributed by atoms with Gasteiger partial charge in [-0.25, -0.2) is 26.6 Å². The van der Waals surface area contributed by atoms with E-state index in [0.717, 1.165) is 24.6 Å². The molecule has 0 fully saturated rings. The Morgan fingerprint density at radius 2 is 1.94 bits per heavy atom. The van der Waals surface area contributed by atoms with Crippen LogP contribution in [-0.4, -0.2) is 42.8 Å². The van der Waals surface area contributed by atoms with Crippen molar-refractivity contribution in [1.82, 2.24) is 4.98 Å². The molecule has 2 heterocycles. The molecule has 1 amide bonds. The minimum atomic E-state index is -3.66. The first kappa shape index (κ1) is 23.7. The Bertz CT molecular complexity index is 1170. The van der Waals surface area contributed by atoms with Crippen molar-refractivity contribution in [3.63, 3.8) is 0 Å². The Balaban J connectivity index is 2.00. The summed E-state index contributed by atoms with van der Waals surface area (Å²) < 4.78 is 65.4. The van der Waals surface area contributed by atoms with Crippen LogP contribution in [0.3, 0.4) is 0 Å². The number of amidine groups is 1. The van der Waals surface area contributed by atoms with Crippen molar-refractivity contribution in [2.24, 2.45) is 10.7 Å². The van der Waals surface area contributed by atoms with Crippen LogP contribution in [0.4, 0.5) is 18.9 Å². The van der Waals surface area contributed by atoms with Gasteiger partial charge in [-0.05, 0) is 49.6 Å². The Morgan fingerprint density at radius 1 is 1.22 bits per heavy atom. The number of sulfone groups is 1. The van der Waals surface area contributed by atoms with Gasteiger partial charge in [0.15, 0.2) is 9.84 Å². The lowest BCUT2D eigenvalue weighted by Gasteiger charge is -2.41. The van der Waals surface area contributed by atoms with E-state index in [9.17, 15) is 26.4 Å². The highest BCUT2D eigenvalue weighted by Crippen LogP contribution is 2.43. The summed E-state index contributed by atoms with van der Waals surface area (Å²) in [5, 5.41) is 2.50. The molecule has 0 saturated carbocycles. The number of aliphatic imine (C=N–C) groups is 1. The molecule has 11 heteroatoms. The minimum absolute atomic E-state index is 0.0306. The van der Waals surface area contributed by atoms with Crippen LogP contribution in [0.1, 0.15) is 42.2 Å². The summed E-state index contributed by atoms with van der Waals surface area (Å²) in [6.45, 7) is 0.525. The highest BCUT2D eigenvalue weighted by molar-refractivity contribution is 7.92. The summed E-state index contributed by atoms with van der Waals surface area (Å²) in [4.78, 5) is 20.2. The Labute approximate surface area is 183 Å². The van der Waals surface area contributed by atoms with Gasteiger partial charge in [-0.2, -0.15) is 0 Å². The van der Waals surface area contributed by atoms with Gasteiger partial charge in [0.2, 0.25) is 0 Å². The first-order valence-corrected chi connectivity index (χ1v) is 11.7. The molecule has 0 saturated heterocycles. The molecular weight excluding hydrogens is 445 g/mol. The second kappa shape index (κ2) is 8.53. The monoisotopic (exact) mass is 468 g/mol. The molecule has 32 heavy (non-hydrogen) atoms. The molecule has 0 aliphatic carbocycles. The van der Waals surface area contributed by atoms with E-state index in [-0.39, 0.29) is 42.0 Å². The number of hydrogen-bond donors (Lipinski definition) is 2. The third-order valence-corrected chi connectivity index (χ3v) is 8.05. The smallest absolute Gasteiger partial charge is 0.274 e. The molecule has 0 radical (unpaired) electrons. The maximum absolute atomic E-state index is 14.8. The first-order chi connectivity index (χ1) is 15.0.